The summed E-state index contributed by atoms with van der Waals surface area (Å²) in [4.78, 5) is 2.22. The average molecular weight is 430 g/mol. The normalized spacial score (nSPS) is 20.7. The fraction of sp³-hybridized carbons (Fsp3) is 0.692. The molecule has 1 aliphatic carbocycles. The number of hydrogen-bond acceptors (Lipinski definition) is 1. The minimum atomic E-state index is -1.18. The van der Waals surface area contributed by atoms with Crippen LogP contribution < -0.4 is 0 Å². The van der Waals surface area contributed by atoms with Gasteiger partial charge in [-0.05, 0) is 69.2 Å². The molecule has 1 saturated carbocycles. The molecule has 2 rings (SSSR count). The largest absolute Gasteiger partial charge is 0.296 e. The molecule has 0 N–H and O–H groups in total. The molecule has 4 heteroatoms. The highest BCUT2D eigenvalue weighted by atomic mass is 19.1. The van der Waals surface area contributed by atoms with E-state index in [-0.39, 0.29) is 23.6 Å². The Labute approximate surface area is 184 Å². The van der Waals surface area contributed by atoms with Crippen molar-refractivity contribution in [1.82, 2.24) is 4.90 Å². The zero-order chi connectivity index (χ0) is 24.1. The molecule has 1 unspecified atom stereocenters. The third-order valence-electron chi connectivity index (χ3n) is 4.92. The van der Waals surface area contributed by atoms with E-state index in [4.69, 9.17) is 0 Å². The van der Waals surface area contributed by atoms with E-state index in [1.54, 1.807) is 13.8 Å². The molecule has 1 aromatic carbocycles. The highest BCUT2D eigenvalue weighted by Crippen LogP contribution is 2.50. The predicted octanol–water partition coefficient (Wildman–Crippen LogP) is 8.68. The maximum atomic E-state index is 14.6. The van der Waals surface area contributed by atoms with Crippen molar-refractivity contribution >= 4 is 0 Å². The molecule has 1 atom stereocenters. The molecule has 0 aromatic heterocycles. The molecule has 0 bridgehead atoms. The van der Waals surface area contributed by atoms with Crippen molar-refractivity contribution in [2.75, 3.05) is 13.1 Å². The molecule has 176 valence electrons. The molecule has 0 radical (unpaired) electrons. The predicted molar refractivity (Wildman–Crippen MR) is 127 cm³/mol. The third kappa shape index (κ3) is 9.24. The number of alkyl halides is 1. The number of halogens is 3. The highest BCUT2D eigenvalue weighted by Gasteiger charge is 2.47. The van der Waals surface area contributed by atoms with E-state index in [1.165, 1.54) is 12.1 Å². The molecule has 0 saturated heterocycles. The van der Waals surface area contributed by atoms with Crippen molar-refractivity contribution in [2.24, 2.45) is 11.8 Å². The van der Waals surface area contributed by atoms with Gasteiger partial charge in [-0.25, -0.2) is 13.2 Å². The lowest BCUT2D eigenvalue weighted by molar-refractivity contribution is -0.0305. The van der Waals surface area contributed by atoms with Crippen LogP contribution in [-0.4, -0.2) is 23.7 Å². The van der Waals surface area contributed by atoms with Crippen LogP contribution in [0.5, 0.6) is 0 Å². The van der Waals surface area contributed by atoms with Crippen molar-refractivity contribution in [2.45, 2.75) is 93.3 Å². The summed E-state index contributed by atoms with van der Waals surface area (Å²) in [5.74, 6) is -0.327. The Morgan fingerprint density at radius 3 is 1.97 bits per heavy atom. The van der Waals surface area contributed by atoms with Gasteiger partial charge >= 0.3 is 0 Å². The summed E-state index contributed by atoms with van der Waals surface area (Å²) in [7, 11) is 0. The molecule has 0 heterocycles. The van der Waals surface area contributed by atoms with E-state index in [9.17, 15) is 13.2 Å². The van der Waals surface area contributed by atoms with Gasteiger partial charge < -0.3 is 0 Å². The molecular weight excluding hydrogens is 383 g/mol. The van der Waals surface area contributed by atoms with Gasteiger partial charge in [0.25, 0.3) is 0 Å². The molecule has 1 nitrogen and oxygen atoms in total. The molecule has 0 aliphatic heterocycles. The number of aryl methyl sites for hydroxylation is 1. The monoisotopic (exact) mass is 429 g/mol. The standard InChI is InChI=1S/C20H30F3N.2C2H6.C2H4/c1-6-7-24(12-13(2)3)19(15-10-20(5,23)11-15)16-9-17(21)14(4)8-18(16)22;3*1-2/h8-9,13,15,19H,6-7,10-12H2,1-5H3;2*1-2H3;1-2H2. The van der Waals surface area contributed by atoms with Crippen molar-refractivity contribution in [1.29, 1.82) is 0 Å². The summed E-state index contributed by atoms with van der Waals surface area (Å²) in [5.41, 5.74) is -0.490. The van der Waals surface area contributed by atoms with Crippen molar-refractivity contribution in [3.05, 3.63) is 48.1 Å². The Hall–Kier alpha value is -1.29. The first-order valence-electron chi connectivity index (χ1n) is 11.5. The minimum absolute atomic E-state index is 0.0295. The smallest absolute Gasteiger partial charge is 0.128 e. The Balaban J connectivity index is 0. The average Bonchev–Trinajstić information content (AvgIpc) is 2.69. The fourth-order valence-corrected chi connectivity index (χ4v) is 3.99. The lowest BCUT2D eigenvalue weighted by Crippen LogP contribution is -2.47. The minimum Gasteiger partial charge on any atom is -0.296 e. The zero-order valence-corrected chi connectivity index (χ0v) is 20.9. The zero-order valence-electron chi connectivity index (χ0n) is 20.9. The summed E-state index contributed by atoms with van der Waals surface area (Å²) < 4.78 is 42.9. The van der Waals surface area contributed by atoms with Gasteiger partial charge in [-0.1, -0.05) is 48.5 Å². The van der Waals surface area contributed by atoms with Gasteiger partial charge in [-0.2, -0.15) is 0 Å². The Bertz CT molecular complexity index is 576. The summed E-state index contributed by atoms with van der Waals surface area (Å²) >= 11 is 0. The van der Waals surface area contributed by atoms with Crippen LogP contribution in [0.3, 0.4) is 0 Å². The molecule has 30 heavy (non-hydrogen) atoms. The van der Waals surface area contributed by atoms with E-state index in [0.29, 0.717) is 29.9 Å². The SMILES string of the molecule is C=C.CC.CC.CCCN(CC(C)C)C(c1cc(F)c(C)cc1F)C1CC(C)(F)C1. The van der Waals surface area contributed by atoms with Gasteiger partial charge in [0.1, 0.15) is 17.3 Å². The summed E-state index contributed by atoms with van der Waals surface area (Å²) in [5, 5.41) is 0. The van der Waals surface area contributed by atoms with Crippen LogP contribution in [0.4, 0.5) is 13.2 Å². The van der Waals surface area contributed by atoms with Crippen molar-refractivity contribution in [3.8, 4) is 0 Å². The third-order valence-corrected chi connectivity index (χ3v) is 4.92. The van der Waals surface area contributed by atoms with Crippen molar-refractivity contribution in [3.63, 3.8) is 0 Å². The molecule has 1 aromatic rings. The van der Waals surface area contributed by atoms with Crippen LogP contribution in [0.15, 0.2) is 25.3 Å². The van der Waals surface area contributed by atoms with Gasteiger partial charge in [0, 0.05) is 18.2 Å². The highest BCUT2D eigenvalue weighted by molar-refractivity contribution is 5.29. The van der Waals surface area contributed by atoms with E-state index in [0.717, 1.165) is 19.5 Å². The number of benzene rings is 1. The maximum absolute atomic E-state index is 14.6. The van der Waals surface area contributed by atoms with E-state index in [2.05, 4.69) is 38.8 Å². The van der Waals surface area contributed by atoms with Gasteiger partial charge in [0.2, 0.25) is 0 Å². The van der Waals surface area contributed by atoms with Crippen LogP contribution in [0.1, 0.15) is 91.8 Å². The van der Waals surface area contributed by atoms with E-state index in [1.807, 2.05) is 27.7 Å². The first kappa shape index (κ1) is 30.9. The van der Waals surface area contributed by atoms with Crippen molar-refractivity contribution < 1.29 is 13.2 Å². The maximum Gasteiger partial charge on any atom is 0.128 e. The number of nitrogens with zero attached hydrogens (tertiary/aromatic N) is 1. The van der Waals surface area contributed by atoms with Crippen LogP contribution in [-0.2, 0) is 0 Å². The topological polar surface area (TPSA) is 3.24 Å². The van der Waals surface area contributed by atoms with E-state index >= 15 is 0 Å². The second-order valence-corrected chi connectivity index (χ2v) is 8.04. The molecule has 1 fully saturated rings. The summed E-state index contributed by atoms with van der Waals surface area (Å²) in [6.07, 6.45) is 1.74. The molecule has 0 amide bonds. The van der Waals surface area contributed by atoms with Crippen LogP contribution in [0.2, 0.25) is 0 Å². The van der Waals surface area contributed by atoms with Gasteiger partial charge in [-0.3, -0.25) is 4.90 Å². The van der Waals surface area contributed by atoms with Crippen LogP contribution in [0, 0.1) is 30.4 Å². The second kappa shape index (κ2) is 15.5. The Morgan fingerprint density at radius 2 is 1.57 bits per heavy atom. The summed E-state index contributed by atoms with van der Waals surface area (Å²) in [6, 6.07) is 2.34. The molecular formula is C26H46F3N. The molecule has 0 spiro atoms. The Morgan fingerprint density at radius 1 is 1.07 bits per heavy atom. The van der Waals surface area contributed by atoms with Gasteiger partial charge in [-0.15, -0.1) is 13.2 Å². The first-order valence-corrected chi connectivity index (χ1v) is 11.5. The van der Waals surface area contributed by atoms with Gasteiger partial charge in [0.05, 0.1) is 0 Å². The summed E-state index contributed by atoms with van der Waals surface area (Å²) in [6.45, 7) is 25.1. The van der Waals surface area contributed by atoms with Crippen LogP contribution >= 0.6 is 0 Å². The molecule has 1 aliphatic rings. The van der Waals surface area contributed by atoms with E-state index < -0.39 is 5.67 Å². The number of rotatable bonds is 7. The van der Waals surface area contributed by atoms with Gasteiger partial charge in [0.15, 0.2) is 0 Å². The number of hydrogen-bond donors (Lipinski definition) is 0. The quantitative estimate of drug-likeness (QED) is 0.392. The lowest BCUT2D eigenvalue weighted by atomic mass is 9.67. The fourth-order valence-electron chi connectivity index (χ4n) is 3.99. The lowest BCUT2D eigenvalue weighted by Gasteiger charge is -2.47. The first-order chi connectivity index (χ1) is 14.1. The Kier molecular flexibility index (Phi) is 16.0. The van der Waals surface area contributed by atoms with Crippen LogP contribution in [0.25, 0.3) is 0 Å². The second-order valence-electron chi connectivity index (χ2n) is 8.04.